The van der Waals surface area contributed by atoms with E-state index in [4.69, 9.17) is 9.26 Å². The maximum atomic E-state index is 12.6. The highest BCUT2D eigenvalue weighted by Crippen LogP contribution is 2.29. The fraction of sp³-hybridized carbons (Fsp3) is 0.318. The van der Waals surface area contributed by atoms with Crippen molar-refractivity contribution in [2.24, 2.45) is 0 Å². The molecule has 0 N–H and O–H groups in total. The average Bonchev–Trinajstić information content (AvgIpc) is 3.21. The van der Waals surface area contributed by atoms with Crippen molar-refractivity contribution < 1.29 is 27.2 Å². The van der Waals surface area contributed by atoms with Crippen LogP contribution in [0, 0.1) is 0 Å². The van der Waals surface area contributed by atoms with E-state index in [9.17, 15) is 18.0 Å². The number of rotatable bonds is 8. The number of halogens is 3. The van der Waals surface area contributed by atoms with Crippen LogP contribution in [-0.2, 0) is 23.9 Å². The van der Waals surface area contributed by atoms with Gasteiger partial charge in [0.25, 0.3) is 0 Å². The summed E-state index contributed by atoms with van der Waals surface area (Å²) in [5.74, 6) is 1.32. The number of carbonyl (C=O) groups excluding carboxylic acids is 1. The molecule has 3 aromatic rings. The second kappa shape index (κ2) is 9.63. The van der Waals surface area contributed by atoms with Crippen LogP contribution in [0.2, 0.25) is 0 Å². The highest BCUT2D eigenvalue weighted by atomic mass is 19.4. The molecule has 0 saturated carbocycles. The molecule has 0 bridgehead atoms. The number of hydrogen-bond acceptors (Lipinski definition) is 5. The molecule has 0 spiro atoms. The van der Waals surface area contributed by atoms with Gasteiger partial charge in [-0.2, -0.15) is 18.2 Å². The summed E-state index contributed by atoms with van der Waals surface area (Å²) < 4.78 is 48.5. The Morgan fingerprint density at radius 3 is 2.39 bits per heavy atom. The predicted octanol–water partition coefficient (Wildman–Crippen LogP) is 4.75. The quantitative estimate of drug-likeness (QED) is 0.513. The highest BCUT2D eigenvalue weighted by Gasteiger charge is 2.30. The Kier molecular flexibility index (Phi) is 6.94. The second-order valence-electron chi connectivity index (χ2n) is 6.91. The number of benzene rings is 2. The third-order valence-corrected chi connectivity index (χ3v) is 4.57. The standard InChI is InChI=1S/C22H22F3N3O3/c1-3-30-18-10-6-16(7-11-18)21-26-19(31-27-21)12-13-20(29)28(2)14-15-4-8-17(9-5-15)22(23,24)25/h4-11H,3,12-14H2,1-2H3. The topological polar surface area (TPSA) is 68.5 Å². The summed E-state index contributed by atoms with van der Waals surface area (Å²) in [6, 6.07) is 12.0. The van der Waals surface area contributed by atoms with Crippen LogP contribution in [0.4, 0.5) is 13.2 Å². The van der Waals surface area contributed by atoms with E-state index in [1.54, 1.807) is 7.05 Å². The second-order valence-corrected chi connectivity index (χ2v) is 6.91. The highest BCUT2D eigenvalue weighted by molar-refractivity contribution is 5.76. The van der Waals surface area contributed by atoms with Crippen LogP contribution in [0.3, 0.4) is 0 Å². The van der Waals surface area contributed by atoms with E-state index in [0.717, 1.165) is 23.4 Å². The average molecular weight is 433 g/mol. The van der Waals surface area contributed by atoms with Crippen molar-refractivity contribution in [3.05, 3.63) is 65.5 Å². The zero-order valence-electron chi connectivity index (χ0n) is 17.1. The van der Waals surface area contributed by atoms with Crippen molar-refractivity contribution >= 4 is 5.91 Å². The summed E-state index contributed by atoms with van der Waals surface area (Å²) >= 11 is 0. The third-order valence-electron chi connectivity index (χ3n) is 4.57. The first-order valence-electron chi connectivity index (χ1n) is 9.72. The molecule has 2 aromatic carbocycles. The molecule has 0 radical (unpaired) electrons. The van der Waals surface area contributed by atoms with E-state index >= 15 is 0 Å². The maximum Gasteiger partial charge on any atom is 0.416 e. The summed E-state index contributed by atoms with van der Waals surface area (Å²) in [5.41, 5.74) is 0.661. The van der Waals surface area contributed by atoms with Crippen molar-refractivity contribution in [2.45, 2.75) is 32.5 Å². The summed E-state index contributed by atoms with van der Waals surface area (Å²) in [4.78, 5) is 18.1. The number of ether oxygens (including phenoxy) is 1. The van der Waals surface area contributed by atoms with E-state index in [0.29, 0.717) is 23.9 Å². The molecular weight excluding hydrogens is 411 g/mol. The van der Waals surface area contributed by atoms with E-state index in [2.05, 4.69) is 10.1 Å². The lowest BCUT2D eigenvalue weighted by Crippen LogP contribution is -2.26. The van der Waals surface area contributed by atoms with Crippen LogP contribution < -0.4 is 4.74 Å². The number of hydrogen-bond donors (Lipinski definition) is 0. The van der Waals surface area contributed by atoms with Crippen LogP contribution in [0.25, 0.3) is 11.4 Å². The van der Waals surface area contributed by atoms with Gasteiger partial charge in [-0.1, -0.05) is 17.3 Å². The Morgan fingerprint density at radius 1 is 1.10 bits per heavy atom. The van der Waals surface area contributed by atoms with Gasteiger partial charge in [0.1, 0.15) is 5.75 Å². The first kappa shape index (κ1) is 22.3. The molecule has 164 valence electrons. The van der Waals surface area contributed by atoms with Gasteiger partial charge in [0.05, 0.1) is 12.2 Å². The van der Waals surface area contributed by atoms with E-state index in [-0.39, 0.29) is 25.3 Å². The molecule has 6 nitrogen and oxygen atoms in total. The molecule has 1 aromatic heterocycles. The number of nitrogens with zero attached hydrogens (tertiary/aromatic N) is 3. The molecule has 31 heavy (non-hydrogen) atoms. The molecule has 9 heteroatoms. The van der Waals surface area contributed by atoms with Crippen molar-refractivity contribution in [3.8, 4) is 17.1 Å². The van der Waals surface area contributed by atoms with Crippen molar-refractivity contribution in [1.82, 2.24) is 15.0 Å². The summed E-state index contributed by atoms with van der Waals surface area (Å²) in [5, 5.41) is 3.94. The molecule has 0 fully saturated rings. The summed E-state index contributed by atoms with van der Waals surface area (Å²) in [6.45, 7) is 2.69. The van der Waals surface area contributed by atoms with Crippen LogP contribution in [0.15, 0.2) is 53.1 Å². The third kappa shape index (κ3) is 6.07. The van der Waals surface area contributed by atoms with Gasteiger partial charge in [-0.25, -0.2) is 0 Å². The van der Waals surface area contributed by atoms with Gasteiger partial charge in [-0.15, -0.1) is 0 Å². The van der Waals surface area contributed by atoms with Gasteiger partial charge in [-0.3, -0.25) is 4.79 Å². The Hall–Kier alpha value is -3.36. The van der Waals surface area contributed by atoms with Crippen LogP contribution in [0.1, 0.15) is 30.4 Å². The van der Waals surface area contributed by atoms with Crippen molar-refractivity contribution in [2.75, 3.05) is 13.7 Å². The molecule has 0 aliphatic rings. The molecule has 0 unspecified atom stereocenters. The predicted molar refractivity (Wildman–Crippen MR) is 107 cm³/mol. The van der Waals surface area contributed by atoms with Gasteiger partial charge >= 0.3 is 6.18 Å². The Balaban J connectivity index is 1.52. The number of alkyl halides is 3. The SMILES string of the molecule is CCOc1ccc(-c2noc(CCC(=O)N(C)Cc3ccc(C(F)(F)F)cc3)n2)cc1. The number of aromatic nitrogens is 2. The molecule has 1 heterocycles. The minimum atomic E-state index is -4.38. The normalized spacial score (nSPS) is 11.4. The lowest BCUT2D eigenvalue weighted by Gasteiger charge is -2.17. The number of amides is 1. The van der Waals surface area contributed by atoms with Crippen LogP contribution >= 0.6 is 0 Å². The summed E-state index contributed by atoms with van der Waals surface area (Å²) in [7, 11) is 1.60. The largest absolute Gasteiger partial charge is 0.494 e. The molecule has 0 aliphatic carbocycles. The van der Waals surface area contributed by atoms with Crippen molar-refractivity contribution in [1.29, 1.82) is 0 Å². The molecule has 1 amide bonds. The first-order chi connectivity index (χ1) is 14.8. The lowest BCUT2D eigenvalue weighted by atomic mass is 10.1. The Labute approximate surface area is 177 Å². The summed E-state index contributed by atoms with van der Waals surface area (Å²) in [6.07, 6.45) is -3.98. The smallest absolute Gasteiger partial charge is 0.416 e. The zero-order chi connectivity index (χ0) is 22.4. The first-order valence-corrected chi connectivity index (χ1v) is 9.72. The molecule has 0 aliphatic heterocycles. The van der Waals surface area contributed by atoms with E-state index in [1.807, 2.05) is 31.2 Å². The lowest BCUT2D eigenvalue weighted by molar-refractivity contribution is -0.137. The molecule has 0 atom stereocenters. The Morgan fingerprint density at radius 2 is 1.77 bits per heavy atom. The number of carbonyl (C=O) groups is 1. The van der Waals surface area contributed by atoms with E-state index < -0.39 is 11.7 Å². The van der Waals surface area contributed by atoms with Crippen LogP contribution in [-0.4, -0.2) is 34.6 Å². The molecular formula is C22H22F3N3O3. The fourth-order valence-corrected chi connectivity index (χ4v) is 2.91. The minimum absolute atomic E-state index is 0.141. The molecule has 0 saturated heterocycles. The van der Waals surface area contributed by atoms with Gasteiger partial charge < -0.3 is 14.2 Å². The molecule has 3 rings (SSSR count). The zero-order valence-corrected chi connectivity index (χ0v) is 17.1. The van der Waals surface area contributed by atoms with E-state index in [1.165, 1.54) is 17.0 Å². The monoisotopic (exact) mass is 433 g/mol. The van der Waals surface area contributed by atoms with Gasteiger partial charge in [0.15, 0.2) is 0 Å². The fourth-order valence-electron chi connectivity index (χ4n) is 2.91. The van der Waals surface area contributed by atoms with Crippen molar-refractivity contribution in [3.63, 3.8) is 0 Å². The van der Waals surface area contributed by atoms with Gasteiger partial charge in [-0.05, 0) is 48.9 Å². The minimum Gasteiger partial charge on any atom is -0.494 e. The van der Waals surface area contributed by atoms with Gasteiger partial charge in [0, 0.05) is 32.0 Å². The Bertz CT molecular complexity index is 999. The van der Waals surface area contributed by atoms with Gasteiger partial charge in [0.2, 0.25) is 17.6 Å². The maximum absolute atomic E-state index is 12.6. The number of aryl methyl sites for hydroxylation is 1. The van der Waals surface area contributed by atoms with Crippen LogP contribution in [0.5, 0.6) is 5.75 Å².